The van der Waals surface area contributed by atoms with Gasteiger partial charge in [0.2, 0.25) is 0 Å². The van der Waals surface area contributed by atoms with Crippen LogP contribution in [0.3, 0.4) is 0 Å². The molecule has 0 heterocycles. The number of nitrogens with one attached hydrogen (secondary N) is 1. The third-order valence-electron chi connectivity index (χ3n) is 0.642. The van der Waals surface area contributed by atoms with Gasteiger partial charge in [0.15, 0.2) is 0 Å². The normalized spacial score (nSPS) is 37.0. The molecule has 0 aromatic carbocycles. The Hall–Kier alpha value is -0.120. The second-order valence-electron chi connectivity index (χ2n) is 1.33. The summed E-state index contributed by atoms with van der Waals surface area (Å²) in [5.74, 6) is 0. The van der Waals surface area contributed by atoms with Gasteiger partial charge in [-0.15, -0.1) is 0 Å². The molecule has 3 heteroatoms. The van der Waals surface area contributed by atoms with Crippen molar-refractivity contribution in [1.82, 2.24) is 5.32 Å². The zero-order valence-corrected chi connectivity index (χ0v) is 5.52. The second-order valence-corrected chi connectivity index (χ2v) is 1.33. The van der Waals surface area contributed by atoms with E-state index in [4.69, 9.17) is 25.2 Å². The average molecular weight is 155 g/mol. The van der Waals surface area contributed by atoms with E-state index in [0.717, 1.165) is 0 Å². The second kappa shape index (κ2) is 8.88. The molecular weight excluding hydrogens is 126 g/mol. The molecule has 10 heavy (non-hydrogen) atoms. The van der Waals surface area contributed by atoms with Crippen molar-refractivity contribution in [3.63, 3.8) is 0 Å². The van der Waals surface area contributed by atoms with Gasteiger partial charge in [-0.25, -0.2) is 0 Å². The summed E-state index contributed by atoms with van der Waals surface area (Å²) < 4.78 is 73.3. The highest BCUT2D eigenvalue weighted by molar-refractivity contribution is 4.49. The fourth-order valence-electron chi connectivity index (χ4n) is 0.290. The molecule has 2 atom stereocenters. The number of rotatable bonds is 7. The summed E-state index contributed by atoms with van der Waals surface area (Å²) in [7, 11) is 0. The SMILES string of the molecule is [2H][C@H](N)[C@@H]([2H])CC([2H])([2H])NC([2H])([2H])C([2H])([2H])C([2H])([2H])N. The van der Waals surface area contributed by atoms with E-state index in [-0.39, 0.29) is 0 Å². The van der Waals surface area contributed by atoms with E-state index >= 15 is 0 Å². The largest absolute Gasteiger partial charge is 0.330 e. The van der Waals surface area contributed by atoms with Crippen molar-refractivity contribution >= 4 is 0 Å². The summed E-state index contributed by atoms with van der Waals surface area (Å²) in [6, 6.07) is 0. The van der Waals surface area contributed by atoms with Crippen molar-refractivity contribution in [2.75, 3.05) is 26.0 Å². The van der Waals surface area contributed by atoms with Crippen molar-refractivity contribution < 1.29 is 13.7 Å². The summed E-state index contributed by atoms with van der Waals surface area (Å²) in [5.41, 5.74) is 10.0. The highest BCUT2D eigenvalue weighted by Gasteiger charge is 1.85. The van der Waals surface area contributed by atoms with Crippen molar-refractivity contribution in [3.8, 4) is 0 Å². The number of nitrogens with two attached hydrogens (primary N) is 2. The quantitative estimate of drug-likeness (QED) is 0.471. The van der Waals surface area contributed by atoms with Crippen LogP contribution < -0.4 is 16.8 Å². The van der Waals surface area contributed by atoms with Crippen molar-refractivity contribution in [1.29, 1.82) is 0 Å². The van der Waals surface area contributed by atoms with Crippen LogP contribution in [-0.4, -0.2) is 26.0 Å². The summed E-state index contributed by atoms with van der Waals surface area (Å²) in [6.45, 7) is -10.1. The Labute approximate surface area is 77.2 Å². The zero-order valence-electron chi connectivity index (χ0n) is 15.5. The van der Waals surface area contributed by atoms with E-state index in [2.05, 4.69) is 0 Å². The van der Waals surface area contributed by atoms with E-state index in [0.29, 0.717) is 0 Å². The summed E-state index contributed by atoms with van der Waals surface area (Å²) in [4.78, 5) is 0. The van der Waals surface area contributed by atoms with Crippen molar-refractivity contribution in [2.45, 2.75) is 19.2 Å². The minimum absolute atomic E-state index is 0.666. The third kappa shape index (κ3) is 7.88. The Morgan fingerprint density at radius 2 is 2.10 bits per heavy atom. The smallest absolute Gasteiger partial charge is 0.0428 e. The lowest BCUT2D eigenvalue weighted by atomic mass is 10.3. The van der Waals surface area contributed by atoms with Crippen LogP contribution in [0.2, 0.25) is 0 Å². The lowest BCUT2D eigenvalue weighted by molar-refractivity contribution is 0.611. The maximum absolute atomic E-state index is 7.52. The molecule has 0 aliphatic heterocycles. The molecule has 0 aliphatic carbocycles. The zero-order chi connectivity index (χ0) is 16.6. The van der Waals surface area contributed by atoms with Gasteiger partial charge in [-0.05, 0) is 45.2 Å². The Morgan fingerprint density at radius 1 is 1.30 bits per heavy atom. The predicted octanol–water partition coefficient (Wildman–Crippen LogP) is -0.336. The molecule has 0 amide bonds. The maximum Gasteiger partial charge on any atom is 0.0428 e. The number of hydrogen-bond donors (Lipinski definition) is 3. The van der Waals surface area contributed by atoms with Crippen molar-refractivity contribution in [2.24, 2.45) is 11.5 Å². The van der Waals surface area contributed by atoms with Gasteiger partial charge in [-0.2, -0.15) is 0 Å². The first-order chi connectivity index (χ1) is 8.53. The molecule has 0 rings (SSSR count). The molecule has 0 saturated heterocycles. The molecule has 3 nitrogen and oxygen atoms in total. The molecule has 62 valence electrons. The van der Waals surface area contributed by atoms with Crippen molar-refractivity contribution in [3.05, 3.63) is 0 Å². The van der Waals surface area contributed by atoms with Crippen LogP contribution in [0.4, 0.5) is 0 Å². The molecule has 0 unspecified atom stereocenters. The monoisotopic (exact) mass is 155 g/mol. The molecule has 0 aromatic heterocycles. The van der Waals surface area contributed by atoms with Gasteiger partial charge < -0.3 is 16.8 Å². The molecule has 0 spiro atoms. The Balaban J connectivity index is 5.08. The minimum Gasteiger partial charge on any atom is -0.330 e. The van der Waals surface area contributed by atoms with E-state index in [9.17, 15) is 0 Å². The highest BCUT2D eigenvalue weighted by atomic mass is 14.8. The predicted molar refractivity (Wildman–Crippen MR) is 44.8 cm³/mol. The molecule has 0 aromatic rings. The standard InChI is InChI=1S/C7H19N3/c8-4-1-2-6-10-7-3-5-9/h10H,1-9H2/i1D,3D2,4D,5D2,6D2,7D2/t1-,4-/m0/s1. The van der Waals surface area contributed by atoms with Crippen LogP contribution in [-0.2, 0) is 0 Å². The average Bonchev–Trinajstić information content (AvgIpc) is 2.12. The van der Waals surface area contributed by atoms with Crippen LogP contribution in [0.5, 0.6) is 0 Å². The minimum atomic E-state index is -3.23. The van der Waals surface area contributed by atoms with Gasteiger partial charge in [0.1, 0.15) is 0 Å². The fourth-order valence-corrected chi connectivity index (χ4v) is 0.290. The molecule has 5 N–H and O–H groups in total. The Bertz CT molecular complexity index is 325. The van der Waals surface area contributed by atoms with Crippen LogP contribution in [0.25, 0.3) is 0 Å². The molecular formula is C7H19N3. The lowest BCUT2D eigenvalue weighted by Gasteiger charge is -2.01. The first-order valence-electron chi connectivity index (χ1n) is 7.87. The Morgan fingerprint density at radius 3 is 2.70 bits per heavy atom. The van der Waals surface area contributed by atoms with Crippen LogP contribution in [0.1, 0.15) is 32.9 Å². The van der Waals surface area contributed by atoms with Gasteiger partial charge in [0, 0.05) is 13.7 Å². The van der Waals surface area contributed by atoms with E-state index in [1.165, 1.54) is 0 Å². The lowest BCUT2D eigenvalue weighted by Crippen LogP contribution is -2.19. The molecule has 0 radical (unpaired) electrons. The number of hydrogen-bond acceptors (Lipinski definition) is 3. The molecule has 0 saturated carbocycles. The van der Waals surface area contributed by atoms with Gasteiger partial charge in [-0.3, -0.25) is 0 Å². The maximum atomic E-state index is 7.52. The summed E-state index contributed by atoms with van der Waals surface area (Å²) >= 11 is 0. The highest BCUT2D eigenvalue weighted by Crippen LogP contribution is 1.81. The summed E-state index contributed by atoms with van der Waals surface area (Å²) in [5, 5.41) is 1.68. The first kappa shape index (κ1) is 2.19. The van der Waals surface area contributed by atoms with Gasteiger partial charge in [0.25, 0.3) is 0 Å². The fraction of sp³-hybridized carbons (Fsp3) is 1.00. The molecule has 0 aliphatic rings. The molecule has 0 fully saturated rings. The third-order valence-corrected chi connectivity index (χ3v) is 0.642. The van der Waals surface area contributed by atoms with Gasteiger partial charge >= 0.3 is 0 Å². The van der Waals surface area contributed by atoms with E-state index in [1.807, 2.05) is 0 Å². The molecule has 0 bridgehead atoms. The Kier molecular flexibility index (Phi) is 1.94. The van der Waals surface area contributed by atoms with Crippen LogP contribution in [0, 0.1) is 0 Å². The van der Waals surface area contributed by atoms with E-state index < -0.39 is 45.2 Å². The topological polar surface area (TPSA) is 64.1 Å². The van der Waals surface area contributed by atoms with E-state index in [1.54, 1.807) is 5.32 Å². The van der Waals surface area contributed by atoms with Crippen LogP contribution >= 0.6 is 0 Å². The summed E-state index contributed by atoms with van der Waals surface area (Å²) in [6.07, 6.45) is -5.25. The van der Waals surface area contributed by atoms with Gasteiger partial charge in [0.05, 0.1) is 0 Å². The van der Waals surface area contributed by atoms with Crippen LogP contribution in [0.15, 0.2) is 0 Å². The van der Waals surface area contributed by atoms with Gasteiger partial charge in [-0.1, -0.05) is 0 Å². The first-order valence-corrected chi connectivity index (χ1v) is 2.72.